The number of alkyl halides is 2. The van der Waals surface area contributed by atoms with Crippen molar-refractivity contribution in [3.05, 3.63) is 53.5 Å². The fourth-order valence-electron chi connectivity index (χ4n) is 4.60. The molecule has 34 heavy (non-hydrogen) atoms. The summed E-state index contributed by atoms with van der Waals surface area (Å²) in [5.41, 5.74) is 6.66. The molecule has 2 aromatic heterocycles. The second kappa shape index (κ2) is 7.96. The lowest BCUT2D eigenvalue weighted by Gasteiger charge is -2.40. The molecular weight excluding hydrogens is 440 g/mol. The van der Waals surface area contributed by atoms with Crippen LogP contribution in [0, 0.1) is 13.0 Å². The highest BCUT2D eigenvalue weighted by atomic mass is 19.3. The van der Waals surface area contributed by atoms with Gasteiger partial charge in [-0.2, -0.15) is 0 Å². The zero-order chi connectivity index (χ0) is 23.3. The summed E-state index contributed by atoms with van der Waals surface area (Å²) < 4.78 is 31.9. The number of pyridine rings is 1. The van der Waals surface area contributed by atoms with Crippen LogP contribution in [0.4, 0.5) is 37.5 Å². The van der Waals surface area contributed by atoms with E-state index in [9.17, 15) is 8.78 Å². The molecule has 1 saturated heterocycles. The Hall–Kier alpha value is -3.69. The summed E-state index contributed by atoms with van der Waals surface area (Å²) in [5.74, 6) is -1.45. The maximum absolute atomic E-state index is 13.1. The molecule has 0 unspecified atom stereocenters. The average molecular weight is 465 g/mol. The highest BCUT2D eigenvalue weighted by Gasteiger charge is 2.43. The maximum atomic E-state index is 13.1. The second-order valence-corrected chi connectivity index (χ2v) is 8.86. The van der Waals surface area contributed by atoms with Crippen molar-refractivity contribution in [3.8, 4) is 5.88 Å². The molecule has 1 aromatic carbocycles. The van der Waals surface area contributed by atoms with Gasteiger partial charge in [0, 0.05) is 42.3 Å². The fraction of sp³-hybridized carbons (Fsp3) is 0.375. The minimum absolute atomic E-state index is 0.261. The number of hydrogen-bond acceptors (Lipinski definition) is 8. The van der Waals surface area contributed by atoms with Gasteiger partial charge in [-0.3, -0.25) is 0 Å². The van der Waals surface area contributed by atoms with Gasteiger partial charge < -0.3 is 25.2 Å². The Kier molecular flexibility index (Phi) is 4.89. The van der Waals surface area contributed by atoms with Gasteiger partial charge in [0.25, 0.3) is 5.92 Å². The van der Waals surface area contributed by atoms with Crippen LogP contribution in [-0.4, -0.2) is 53.7 Å². The Bertz CT molecular complexity index is 1230. The first-order chi connectivity index (χ1) is 16.4. The molecule has 8 nitrogen and oxygen atoms in total. The molecule has 0 amide bonds. The molecule has 10 heteroatoms. The van der Waals surface area contributed by atoms with Crippen LogP contribution < -0.4 is 25.2 Å². The predicted octanol–water partition coefficient (Wildman–Crippen LogP) is 3.55. The Morgan fingerprint density at radius 2 is 2.06 bits per heavy atom. The fourth-order valence-corrected chi connectivity index (χ4v) is 4.60. The van der Waals surface area contributed by atoms with E-state index in [1.54, 1.807) is 17.0 Å². The van der Waals surface area contributed by atoms with Crippen molar-refractivity contribution in [1.29, 1.82) is 0 Å². The Labute approximate surface area is 196 Å². The molecule has 0 saturated carbocycles. The summed E-state index contributed by atoms with van der Waals surface area (Å²) in [6.07, 6.45) is 4.59. The van der Waals surface area contributed by atoms with Crippen LogP contribution in [0.3, 0.4) is 0 Å². The minimum Gasteiger partial charge on any atom is -0.474 e. The van der Waals surface area contributed by atoms with Gasteiger partial charge in [-0.25, -0.2) is 23.7 Å². The van der Waals surface area contributed by atoms with Crippen molar-refractivity contribution in [2.45, 2.75) is 25.8 Å². The normalized spacial score (nSPS) is 18.2. The van der Waals surface area contributed by atoms with Crippen LogP contribution in [0.2, 0.25) is 0 Å². The van der Waals surface area contributed by atoms with E-state index in [4.69, 9.17) is 9.72 Å². The monoisotopic (exact) mass is 464 g/mol. The smallest absolute Gasteiger partial charge is 0.282 e. The summed E-state index contributed by atoms with van der Waals surface area (Å²) in [7, 11) is 0. The van der Waals surface area contributed by atoms with Crippen LogP contribution in [0.25, 0.3) is 0 Å². The molecule has 1 fully saturated rings. The van der Waals surface area contributed by atoms with Gasteiger partial charge in [-0.05, 0) is 37.1 Å². The number of nitrogens with zero attached hydrogens (tertiary/aromatic N) is 5. The van der Waals surface area contributed by atoms with E-state index in [2.05, 4.69) is 38.5 Å². The van der Waals surface area contributed by atoms with Gasteiger partial charge in [0.15, 0.2) is 0 Å². The van der Waals surface area contributed by atoms with Crippen molar-refractivity contribution in [3.63, 3.8) is 0 Å². The van der Waals surface area contributed by atoms with E-state index < -0.39 is 5.92 Å². The molecule has 2 N–H and O–H groups in total. The lowest BCUT2D eigenvalue weighted by molar-refractivity contribution is -0.0262. The van der Waals surface area contributed by atoms with Crippen LogP contribution in [0.5, 0.6) is 5.88 Å². The Morgan fingerprint density at radius 1 is 1.18 bits per heavy atom. The van der Waals surface area contributed by atoms with E-state index in [-0.39, 0.29) is 13.1 Å². The van der Waals surface area contributed by atoms with Crippen LogP contribution >= 0.6 is 0 Å². The SMILES string of the molecule is Cc1c(N2CCc3cnc(Nc4c[c]c(N5CC(F)(F)C5)cc4)nc3C2)cnc2c1NCCO2. The molecule has 1 radical (unpaired) electrons. The summed E-state index contributed by atoms with van der Waals surface area (Å²) in [6, 6.07) is 8.40. The van der Waals surface area contributed by atoms with Crippen molar-refractivity contribution >= 4 is 28.7 Å². The van der Waals surface area contributed by atoms with E-state index in [1.165, 1.54) is 0 Å². The van der Waals surface area contributed by atoms with Crippen molar-refractivity contribution < 1.29 is 13.5 Å². The predicted molar refractivity (Wildman–Crippen MR) is 125 cm³/mol. The summed E-state index contributed by atoms with van der Waals surface area (Å²) >= 11 is 0. The maximum Gasteiger partial charge on any atom is 0.282 e. The van der Waals surface area contributed by atoms with Crippen molar-refractivity contribution in [2.24, 2.45) is 0 Å². The number of anilines is 5. The van der Waals surface area contributed by atoms with Gasteiger partial charge in [-0.15, -0.1) is 0 Å². The molecule has 5 heterocycles. The molecule has 0 spiro atoms. The third-order valence-corrected chi connectivity index (χ3v) is 6.44. The van der Waals surface area contributed by atoms with E-state index >= 15 is 0 Å². The first-order valence-corrected chi connectivity index (χ1v) is 11.3. The van der Waals surface area contributed by atoms with Gasteiger partial charge in [0.05, 0.1) is 37.2 Å². The van der Waals surface area contributed by atoms with E-state index in [1.807, 2.05) is 18.5 Å². The quantitative estimate of drug-likeness (QED) is 0.607. The number of fused-ring (bicyclic) bond motifs is 2. The lowest BCUT2D eigenvalue weighted by atomic mass is 10.0. The average Bonchev–Trinajstić information content (AvgIpc) is 2.83. The number of ether oxygens (including phenoxy) is 1. The zero-order valence-electron chi connectivity index (χ0n) is 18.7. The first-order valence-electron chi connectivity index (χ1n) is 11.3. The highest BCUT2D eigenvalue weighted by Crippen LogP contribution is 2.36. The van der Waals surface area contributed by atoms with Crippen LogP contribution in [0.15, 0.2) is 30.6 Å². The minimum atomic E-state index is -2.60. The topological polar surface area (TPSA) is 78.4 Å². The third kappa shape index (κ3) is 3.82. The molecule has 0 aliphatic carbocycles. The molecule has 3 aliphatic heterocycles. The van der Waals surface area contributed by atoms with E-state index in [0.29, 0.717) is 30.7 Å². The van der Waals surface area contributed by atoms with Gasteiger partial charge >= 0.3 is 0 Å². The van der Waals surface area contributed by atoms with Crippen molar-refractivity contribution in [2.75, 3.05) is 53.2 Å². The molecule has 6 rings (SSSR count). The van der Waals surface area contributed by atoms with Gasteiger partial charge in [0.2, 0.25) is 11.8 Å². The number of halogens is 2. The number of benzene rings is 1. The number of aromatic nitrogens is 3. The molecule has 175 valence electrons. The lowest BCUT2D eigenvalue weighted by Crippen LogP contribution is -2.56. The second-order valence-electron chi connectivity index (χ2n) is 8.86. The largest absolute Gasteiger partial charge is 0.474 e. The summed E-state index contributed by atoms with van der Waals surface area (Å²) in [6.45, 7) is 4.47. The van der Waals surface area contributed by atoms with Crippen molar-refractivity contribution in [1.82, 2.24) is 15.0 Å². The Balaban J connectivity index is 1.17. The standard InChI is InChI=1S/C24H24F2N7O/c1-15-20(11-28-22-21(15)27-7-9-34-22)32-8-6-16-10-29-23(31-19(16)12-32)30-17-2-4-18(5-3-17)33-13-24(25,26)14-33/h2-4,10-11,27H,6-9,12-14H2,1H3,(H,29,30,31). The molecule has 0 atom stereocenters. The molecule has 0 bridgehead atoms. The zero-order valence-corrected chi connectivity index (χ0v) is 18.7. The number of hydrogen-bond donors (Lipinski definition) is 2. The van der Waals surface area contributed by atoms with Gasteiger partial charge in [-0.1, -0.05) is 0 Å². The molecular formula is C24H24F2N7O. The van der Waals surface area contributed by atoms with Crippen LogP contribution in [-0.2, 0) is 13.0 Å². The Morgan fingerprint density at radius 3 is 2.85 bits per heavy atom. The number of rotatable bonds is 4. The van der Waals surface area contributed by atoms with Gasteiger partial charge in [0.1, 0.15) is 12.3 Å². The van der Waals surface area contributed by atoms with Crippen LogP contribution in [0.1, 0.15) is 16.8 Å². The number of nitrogens with one attached hydrogen (secondary N) is 2. The third-order valence-electron chi connectivity index (χ3n) is 6.44. The highest BCUT2D eigenvalue weighted by molar-refractivity contribution is 5.70. The summed E-state index contributed by atoms with van der Waals surface area (Å²) in [4.78, 5) is 17.6. The first kappa shape index (κ1) is 20.9. The summed E-state index contributed by atoms with van der Waals surface area (Å²) in [5, 5.41) is 6.60. The van der Waals surface area contributed by atoms with E-state index in [0.717, 1.165) is 53.4 Å². The molecule has 3 aliphatic rings. The molecule has 3 aromatic rings.